The fraction of sp³-hybridized carbons (Fsp3) is 0.273. The van der Waals surface area contributed by atoms with Crippen molar-refractivity contribution in [2.24, 2.45) is 0 Å². The lowest BCUT2D eigenvalue weighted by Gasteiger charge is -2.36. The van der Waals surface area contributed by atoms with Crippen LogP contribution in [0.1, 0.15) is 11.1 Å². The molecule has 1 aliphatic heterocycles. The first-order valence-corrected chi connectivity index (χ1v) is 9.93. The molecule has 0 bridgehead atoms. The molecule has 1 aliphatic rings. The zero-order valence-corrected chi connectivity index (χ0v) is 16.7. The molecule has 5 nitrogen and oxygen atoms in total. The van der Waals surface area contributed by atoms with Gasteiger partial charge in [-0.3, -0.25) is 0 Å². The molecule has 3 aromatic rings. The van der Waals surface area contributed by atoms with Gasteiger partial charge >= 0.3 is 0 Å². The van der Waals surface area contributed by atoms with Crippen LogP contribution in [0.3, 0.4) is 0 Å². The van der Waals surface area contributed by atoms with E-state index in [9.17, 15) is 0 Å². The summed E-state index contributed by atoms with van der Waals surface area (Å²) >= 11 is 6.12. The maximum Gasteiger partial charge on any atom is 0.227 e. The molecular formula is C22H24ClN5. The molecule has 1 saturated heterocycles. The first kappa shape index (κ1) is 18.6. The van der Waals surface area contributed by atoms with Crippen LogP contribution in [-0.2, 0) is 6.54 Å². The molecule has 144 valence electrons. The lowest BCUT2D eigenvalue weighted by atomic mass is 10.1. The molecule has 0 saturated carbocycles. The molecule has 1 fully saturated rings. The van der Waals surface area contributed by atoms with Crippen molar-refractivity contribution in [2.45, 2.75) is 13.5 Å². The second-order valence-corrected chi connectivity index (χ2v) is 7.47. The molecular weight excluding hydrogens is 370 g/mol. The molecule has 0 radical (unpaired) electrons. The zero-order chi connectivity index (χ0) is 19.3. The van der Waals surface area contributed by atoms with Crippen molar-refractivity contribution >= 4 is 29.1 Å². The monoisotopic (exact) mass is 393 g/mol. The zero-order valence-electron chi connectivity index (χ0n) is 16.0. The first-order valence-electron chi connectivity index (χ1n) is 9.55. The number of hydrogen-bond acceptors (Lipinski definition) is 5. The number of nitrogens with one attached hydrogen (secondary N) is 1. The van der Waals surface area contributed by atoms with E-state index in [1.54, 1.807) is 0 Å². The topological polar surface area (TPSA) is 44.3 Å². The minimum Gasteiger partial charge on any atom is -0.368 e. The highest BCUT2D eigenvalue weighted by atomic mass is 35.5. The van der Waals surface area contributed by atoms with E-state index in [1.165, 1.54) is 16.8 Å². The predicted octanol–water partition coefficient (Wildman–Crippen LogP) is 4.38. The summed E-state index contributed by atoms with van der Waals surface area (Å²) in [4.78, 5) is 13.8. The summed E-state index contributed by atoms with van der Waals surface area (Å²) in [6.07, 6.45) is 1.82. The number of halogens is 1. The van der Waals surface area contributed by atoms with Crippen molar-refractivity contribution in [3.63, 3.8) is 0 Å². The van der Waals surface area contributed by atoms with E-state index in [0.717, 1.165) is 49.5 Å². The van der Waals surface area contributed by atoms with Crippen molar-refractivity contribution in [3.8, 4) is 0 Å². The third-order valence-electron chi connectivity index (χ3n) is 4.93. The third-order valence-corrected chi connectivity index (χ3v) is 5.17. The lowest BCUT2D eigenvalue weighted by Crippen LogP contribution is -2.47. The van der Waals surface area contributed by atoms with E-state index in [0.29, 0.717) is 0 Å². The highest BCUT2D eigenvalue weighted by Gasteiger charge is 2.19. The van der Waals surface area contributed by atoms with E-state index < -0.39 is 0 Å². The van der Waals surface area contributed by atoms with Crippen molar-refractivity contribution in [1.29, 1.82) is 0 Å². The minimum atomic E-state index is 0.751. The van der Waals surface area contributed by atoms with Gasteiger partial charge in [0, 0.05) is 49.6 Å². The maximum atomic E-state index is 6.12. The van der Waals surface area contributed by atoms with Gasteiger partial charge in [-0.2, -0.15) is 4.98 Å². The largest absolute Gasteiger partial charge is 0.368 e. The molecule has 28 heavy (non-hydrogen) atoms. The van der Waals surface area contributed by atoms with Gasteiger partial charge < -0.3 is 15.1 Å². The highest BCUT2D eigenvalue weighted by molar-refractivity contribution is 6.30. The van der Waals surface area contributed by atoms with Gasteiger partial charge in [0.25, 0.3) is 0 Å². The van der Waals surface area contributed by atoms with E-state index in [2.05, 4.69) is 57.4 Å². The number of benzene rings is 2. The Morgan fingerprint density at radius 1 is 0.964 bits per heavy atom. The van der Waals surface area contributed by atoms with Gasteiger partial charge in [0.1, 0.15) is 5.82 Å². The molecule has 1 aromatic heterocycles. The Morgan fingerprint density at radius 2 is 1.75 bits per heavy atom. The maximum absolute atomic E-state index is 6.12. The van der Waals surface area contributed by atoms with Gasteiger partial charge in [0.15, 0.2) is 0 Å². The van der Waals surface area contributed by atoms with Crippen LogP contribution >= 0.6 is 11.6 Å². The molecule has 0 amide bonds. The molecule has 0 spiro atoms. The number of hydrogen-bond donors (Lipinski definition) is 1. The minimum absolute atomic E-state index is 0.751. The van der Waals surface area contributed by atoms with Crippen LogP contribution in [0.5, 0.6) is 0 Å². The number of rotatable bonds is 5. The third kappa shape index (κ3) is 4.54. The van der Waals surface area contributed by atoms with Gasteiger partial charge in [-0.15, -0.1) is 0 Å². The number of nitrogens with zero attached hydrogens (tertiary/aromatic N) is 4. The van der Waals surface area contributed by atoms with Gasteiger partial charge in [-0.1, -0.05) is 47.5 Å². The van der Waals surface area contributed by atoms with Gasteiger partial charge in [0.05, 0.1) is 0 Å². The Hall–Kier alpha value is -2.79. The summed E-state index contributed by atoms with van der Waals surface area (Å²) in [7, 11) is 0. The molecule has 4 rings (SSSR count). The summed E-state index contributed by atoms with van der Waals surface area (Å²) < 4.78 is 0. The second kappa shape index (κ2) is 8.48. The molecule has 2 aromatic carbocycles. The molecule has 1 N–H and O–H groups in total. The summed E-state index contributed by atoms with van der Waals surface area (Å²) in [6, 6.07) is 18.4. The summed E-state index contributed by atoms with van der Waals surface area (Å²) in [5, 5.41) is 4.18. The van der Waals surface area contributed by atoms with Crippen LogP contribution in [-0.4, -0.2) is 36.1 Å². The predicted molar refractivity (Wildman–Crippen MR) is 116 cm³/mol. The second-order valence-electron chi connectivity index (χ2n) is 7.04. The van der Waals surface area contributed by atoms with E-state index >= 15 is 0 Å². The van der Waals surface area contributed by atoms with Crippen LogP contribution in [0.25, 0.3) is 0 Å². The quantitative estimate of drug-likeness (QED) is 0.697. The number of piperazine rings is 1. The van der Waals surface area contributed by atoms with Crippen molar-refractivity contribution in [3.05, 3.63) is 76.9 Å². The summed E-state index contributed by atoms with van der Waals surface area (Å²) in [6.45, 7) is 6.47. The molecule has 0 unspecified atom stereocenters. The normalized spacial score (nSPS) is 14.2. The number of anilines is 3. The Balaban J connectivity index is 1.37. The van der Waals surface area contributed by atoms with Gasteiger partial charge in [-0.05, 0) is 36.8 Å². The Labute approximate surface area is 171 Å². The fourth-order valence-corrected chi connectivity index (χ4v) is 3.64. The Morgan fingerprint density at radius 3 is 2.54 bits per heavy atom. The molecule has 0 atom stereocenters. The van der Waals surface area contributed by atoms with Gasteiger partial charge in [-0.25, -0.2) is 4.98 Å². The molecule has 6 heteroatoms. The fourth-order valence-electron chi connectivity index (χ4n) is 3.45. The molecule has 0 aliphatic carbocycles. The van der Waals surface area contributed by atoms with Crippen LogP contribution in [0.2, 0.25) is 5.02 Å². The average molecular weight is 394 g/mol. The average Bonchev–Trinajstić information content (AvgIpc) is 2.73. The van der Waals surface area contributed by atoms with Crippen molar-refractivity contribution in [1.82, 2.24) is 9.97 Å². The summed E-state index contributed by atoms with van der Waals surface area (Å²) in [5.74, 6) is 1.63. The molecule has 2 heterocycles. The first-order chi connectivity index (χ1) is 13.7. The van der Waals surface area contributed by atoms with Crippen molar-refractivity contribution < 1.29 is 0 Å². The van der Waals surface area contributed by atoms with Crippen molar-refractivity contribution in [2.75, 3.05) is 41.3 Å². The number of aromatic nitrogens is 2. The van der Waals surface area contributed by atoms with Crippen LogP contribution in [0.15, 0.2) is 60.8 Å². The van der Waals surface area contributed by atoms with E-state index in [4.69, 9.17) is 16.6 Å². The van der Waals surface area contributed by atoms with Crippen LogP contribution < -0.4 is 15.1 Å². The van der Waals surface area contributed by atoms with E-state index in [-0.39, 0.29) is 0 Å². The standard InChI is InChI=1S/C22H24ClN5/c1-17-4-2-5-18(14-17)16-25-21-8-9-24-22(26-21)28-12-10-27(11-13-28)20-7-3-6-19(23)15-20/h2-9,14-15H,10-13,16H2,1H3,(H,24,25,26). The lowest BCUT2D eigenvalue weighted by molar-refractivity contribution is 0.640. The van der Waals surface area contributed by atoms with Crippen LogP contribution in [0.4, 0.5) is 17.5 Å². The Kier molecular flexibility index (Phi) is 5.63. The SMILES string of the molecule is Cc1cccc(CNc2ccnc(N3CCN(c4cccc(Cl)c4)CC3)n2)c1. The van der Waals surface area contributed by atoms with Crippen LogP contribution in [0, 0.1) is 6.92 Å². The summed E-state index contributed by atoms with van der Waals surface area (Å²) in [5.41, 5.74) is 3.68. The number of aryl methyl sites for hydroxylation is 1. The smallest absolute Gasteiger partial charge is 0.227 e. The van der Waals surface area contributed by atoms with Gasteiger partial charge in [0.2, 0.25) is 5.95 Å². The Bertz CT molecular complexity index is 937. The highest BCUT2D eigenvalue weighted by Crippen LogP contribution is 2.22. The van der Waals surface area contributed by atoms with E-state index in [1.807, 2.05) is 30.5 Å².